The van der Waals surface area contributed by atoms with Crippen molar-refractivity contribution in [3.8, 4) is 11.5 Å². The molecule has 2 amide bonds. The Kier molecular flexibility index (Phi) is 5.79. The summed E-state index contributed by atoms with van der Waals surface area (Å²) < 4.78 is 10.3. The second kappa shape index (κ2) is 8.29. The minimum Gasteiger partial charge on any atom is -0.496 e. The van der Waals surface area contributed by atoms with Crippen LogP contribution in [0.4, 0.5) is 11.4 Å². The minimum absolute atomic E-state index is 0.0131. The van der Waals surface area contributed by atoms with E-state index in [9.17, 15) is 19.7 Å². The summed E-state index contributed by atoms with van der Waals surface area (Å²) in [4.78, 5) is 37.5. The zero-order valence-electron chi connectivity index (χ0n) is 16.3. The Morgan fingerprint density at radius 3 is 2.30 bits per heavy atom. The molecule has 0 saturated carbocycles. The van der Waals surface area contributed by atoms with Gasteiger partial charge in [0, 0.05) is 17.7 Å². The summed E-state index contributed by atoms with van der Waals surface area (Å²) in [5.41, 5.74) is 1.06. The SMILES string of the molecule is COc1cc(OC)c([N+](=O)[O-])cc1/C=C1/C(=O)NC(=S)N(c2ccc(C)cc2)C1=O. The van der Waals surface area contributed by atoms with Crippen LogP contribution in [-0.4, -0.2) is 36.1 Å². The Balaban J connectivity index is 2.11. The number of anilines is 1. The fourth-order valence-corrected chi connectivity index (χ4v) is 3.18. The molecule has 1 N–H and O–H groups in total. The van der Waals surface area contributed by atoms with Gasteiger partial charge in [0.15, 0.2) is 5.11 Å². The summed E-state index contributed by atoms with van der Waals surface area (Å²) in [6, 6.07) is 9.51. The molecule has 154 valence electrons. The number of nitrogens with one attached hydrogen (secondary N) is 1. The fraction of sp³-hybridized carbons (Fsp3) is 0.150. The molecule has 0 unspecified atom stereocenters. The van der Waals surface area contributed by atoms with Crippen LogP contribution in [0.3, 0.4) is 0 Å². The van der Waals surface area contributed by atoms with Crippen LogP contribution in [-0.2, 0) is 9.59 Å². The molecule has 2 aromatic rings. The first-order valence-electron chi connectivity index (χ1n) is 8.65. The molecule has 0 bridgehead atoms. The van der Waals surface area contributed by atoms with E-state index in [2.05, 4.69) is 5.32 Å². The standard InChI is InChI=1S/C20H17N3O6S/c1-11-4-6-13(7-5-11)22-19(25)14(18(24)21-20(22)30)8-12-9-15(23(26)27)17(29-3)10-16(12)28-2/h4-10H,1-3H3,(H,21,24,30)/b14-8-. The van der Waals surface area contributed by atoms with Gasteiger partial charge in [-0.1, -0.05) is 17.7 Å². The van der Waals surface area contributed by atoms with Gasteiger partial charge < -0.3 is 9.47 Å². The lowest BCUT2D eigenvalue weighted by atomic mass is 10.0. The molecule has 0 atom stereocenters. The van der Waals surface area contributed by atoms with E-state index in [1.807, 2.05) is 6.92 Å². The van der Waals surface area contributed by atoms with E-state index in [1.165, 1.54) is 37.3 Å². The largest absolute Gasteiger partial charge is 0.496 e. The van der Waals surface area contributed by atoms with Crippen molar-refractivity contribution in [3.63, 3.8) is 0 Å². The van der Waals surface area contributed by atoms with Crippen molar-refractivity contribution in [1.29, 1.82) is 0 Å². The van der Waals surface area contributed by atoms with Crippen molar-refractivity contribution >= 4 is 46.6 Å². The first-order valence-corrected chi connectivity index (χ1v) is 9.06. The number of rotatable bonds is 5. The van der Waals surface area contributed by atoms with Gasteiger partial charge in [-0.05, 0) is 37.4 Å². The van der Waals surface area contributed by atoms with Crippen molar-refractivity contribution in [2.45, 2.75) is 6.92 Å². The summed E-state index contributed by atoms with van der Waals surface area (Å²) in [5, 5.41) is 13.8. The highest BCUT2D eigenvalue weighted by atomic mass is 32.1. The molecule has 0 spiro atoms. The number of carbonyl (C=O) groups is 2. The van der Waals surface area contributed by atoms with E-state index < -0.39 is 16.7 Å². The maximum absolute atomic E-state index is 13.1. The molecule has 1 aliphatic heterocycles. The number of nitro benzene ring substituents is 1. The molecule has 1 heterocycles. The molecular weight excluding hydrogens is 410 g/mol. The van der Waals surface area contributed by atoms with Gasteiger partial charge in [0.1, 0.15) is 11.3 Å². The van der Waals surface area contributed by atoms with Crippen LogP contribution in [0.25, 0.3) is 6.08 Å². The second-order valence-corrected chi connectivity index (χ2v) is 6.70. The molecule has 1 aliphatic rings. The smallest absolute Gasteiger partial charge is 0.311 e. The lowest BCUT2D eigenvalue weighted by Crippen LogP contribution is -2.54. The number of carbonyl (C=O) groups excluding carboxylic acids is 2. The molecule has 2 aromatic carbocycles. The second-order valence-electron chi connectivity index (χ2n) is 6.32. The molecule has 30 heavy (non-hydrogen) atoms. The number of nitrogens with zero attached hydrogens (tertiary/aromatic N) is 2. The van der Waals surface area contributed by atoms with Crippen LogP contribution in [0.5, 0.6) is 11.5 Å². The van der Waals surface area contributed by atoms with E-state index in [1.54, 1.807) is 24.3 Å². The Bertz CT molecular complexity index is 1090. The van der Waals surface area contributed by atoms with E-state index in [0.717, 1.165) is 5.56 Å². The fourth-order valence-electron chi connectivity index (χ4n) is 2.90. The maximum Gasteiger partial charge on any atom is 0.311 e. The van der Waals surface area contributed by atoms with E-state index >= 15 is 0 Å². The van der Waals surface area contributed by atoms with E-state index in [-0.39, 0.29) is 33.4 Å². The molecule has 10 heteroatoms. The van der Waals surface area contributed by atoms with Crippen molar-refractivity contribution in [1.82, 2.24) is 5.32 Å². The Morgan fingerprint density at radius 1 is 1.10 bits per heavy atom. The van der Waals surface area contributed by atoms with E-state index in [0.29, 0.717) is 5.69 Å². The predicted octanol–water partition coefficient (Wildman–Crippen LogP) is 2.75. The molecule has 1 fully saturated rings. The molecular formula is C20H17N3O6S. The predicted molar refractivity (Wildman–Crippen MR) is 114 cm³/mol. The number of thiocarbonyl (C=S) groups is 1. The van der Waals surface area contributed by atoms with Crippen LogP contribution in [0, 0.1) is 17.0 Å². The van der Waals surface area contributed by atoms with Crippen molar-refractivity contribution in [2.75, 3.05) is 19.1 Å². The van der Waals surface area contributed by atoms with Gasteiger partial charge in [0.25, 0.3) is 11.8 Å². The molecule has 1 saturated heterocycles. The van der Waals surface area contributed by atoms with Crippen LogP contribution >= 0.6 is 12.2 Å². The van der Waals surface area contributed by atoms with Gasteiger partial charge in [-0.25, -0.2) is 0 Å². The van der Waals surface area contributed by atoms with E-state index in [4.69, 9.17) is 21.7 Å². The summed E-state index contributed by atoms with van der Waals surface area (Å²) >= 11 is 5.17. The van der Waals surface area contributed by atoms with Gasteiger partial charge >= 0.3 is 5.69 Å². The highest BCUT2D eigenvalue weighted by Crippen LogP contribution is 2.36. The Hall–Kier alpha value is -3.79. The number of benzene rings is 2. The monoisotopic (exact) mass is 427 g/mol. The summed E-state index contributed by atoms with van der Waals surface area (Å²) in [6.45, 7) is 1.90. The third-order valence-electron chi connectivity index (χ3n) is 4.42. The van der Waals surface area contributed by atoms with Gasteiger partial charge in [-0.3, -0.25) is 29.9 Å². The van der Waals surface area contributed by atoms with Crippen LogP contribution < -0.4 is 19.7 Å². The minimum atomic E-state index is -0.714. The molecule has 0 aliphatic carbocycles. The van der Waals surface area contributed by atoms with Gasteiger partial charge in [-0.15, -0.1) is 0 Å². The zero-order valence-corrected chi connectivity index (χ0v) is 17.1. The highest BCUT2D eigenvalue weighted by Gasteiger charge is 2.35. The average molecular weight is 427 g/mol. The van der Waals surface area contributed by atoms with Gasteiger partial charge in [0.05, 0.1) is 24.8 Å². The number of hydrogen-bond donors (Lipinski definition) is 1. The first kappa shape index (κ1) is 20.9. The number of nitro groups is 1. The van der Waals surface area contributed by atoms with Crippen molar-refractivity contribution in [3.05, 3.63) is 63.2 Å². The van der Waals surface area contributed by atoms with Gasteiger partial charge in [0.2, 0.25) is 5.75 Å². The van der Waals surface area contributed by atoms with Crippen LogP contribution in [0.2, 0.25) is 0 Å². The number of ether oxygens (including phenoxy) is 2. The maximum atomic E-state index is 13.1. The molecule has 0 aromatic heterocycles. The third-order valence-corrected chi connectivity index (χ3v) is 4.71. The zero-order chi connectivity index (χ0) is 22.0. The van der Waals surface area contributed by atoms with Crippen LogP contribution in [0.1, 0.15) is 11.1 Å². The Morgan fingerprint density at radius 2 is 1.73 bits per heavy atom. The average Bonchev–Trinajstić information content (AvgIpc) is 2.71. The third kappa shape index (κ3) is 3.85. The number of hydrogen-bond acceptors (Lipinski definition) is 7. The molecule has 0 radical (unpaired) electrons. The molecule has 3 rings (SSSR count). The lowest BCUT2D eigenvalue weighted by molar-refractivity contribution is -0.385. The number of aryl methyl sites for hydroxylation is 1. The molecule has 9 nitrogen and oxygen atoms in total. The van der Waals surface area contributed by atoms with Crippen molar-refractivity contribution < 1.29 is 24.0 Å². The first-order chi connectivity index (χ1) is 14.3. The summed E-state index contributed by atoms with van der Waals surface area (Å²) in [6.07, 6.45) is 1.23. The highest BCUT2D eigenvalue weighted by molar-refractivity contribution is 7.80. The summed E-state index contributed by atoms with van der Waals surface area (Å²) in [7, 11) is 2.65. The Labute approximate surface area is 177 Å². The normalized spacial score (nSPS) is 15.2. The quantitative estimate of drug-likeness (QED) is 0.257. The number of methoxy groups -OCH3 is 2. The van der Waals surface area contributed by atoms with Gasteiger partial charge in [-0.2, -0.15) is 0 Å². The lowest BCUT2D eigenvalue weighted by Gasteiger charge is -2.29. The van der Waals surface area contributed by atoms with Crippen molar-refractivity contribution in [2.24, 2.45) is 0 Å². The number of amides is 2. The van der Waals surface area contributed by atoms with Crippen LogP contribution in [0.15, 0.2) is 42.0 Å². The topological polar surface area (TPSA) is 111 Å². The summed E-state index contributed by atoms with van der Waals surface area (Å²) in [5.74, 6) is -1.19.